The lowest BCUT2D eigenvalue weighted by Gasteiger charge is -1.79. The zero-order chi connectivity index (χ0) is 5.40. The molecular weight excluding hydrogens is 102 g/mol. The van der Waals surface area contributed by atoms with E-state index in [1.165, 1.54) is 12.8 Å². The molecule has 0 aromatic carbocycles. The molecule has 2 heteroatoms. The van der Waals surface area contributed by atoms with Crippen LogP contribution in [0.2, 0.25) is 0 Å². The van der Waals surface area contributed by atoms with Gasteiger partial charge in [-0.2, -0.15) is 0 Å². The summed E-state index contributed by atoms with van der Waals surface area (Å²) in [6.45, 7) is 0. The lowest BCUT2D eigenvalue weighted by atomic mass is 10.3. The molecule has 0 unspecified atom stereocenters. The first-order valence-electron chi connectivity index (χ1n) is 2.79. The van der Waals surface area contributed by atoms with Gasteiger partial charge in [0.25, 0.3) is 0 Å². The molecule has 0 saturated heterocycles. The Bertz CT molecular complexity index is 165. The van der Waals surface area contributed by atoms with Gasteiger partial charge >= 0.3 is 0 Å². The van der Waals surface area contributed by atoms with Crippen LogP contribution >= 0.6 is 0 Å². The zero-order valence-electron chi connectivity index (χ0n) is 4.42. The van der Waals surface area contributed by atoms with Crippen molar-refractivity contribution in [3.8, 4) is 0 Å². The fourth-order valence-corrected chi connectivity index (χ4v) is 0.737. The molecule has 0 N–H and O–H groups in total. The van der Waals surface area contributed by atoms with Crippen molar-refractivity contribution in [1.82, 2.24) is 5.16 Å². The van der Waals surface area contributed by atoms with Crippen LogP contribution in [-0.2, 0) is 0 Å². The predicted molar refractivity (Wildman–Crippen MR) is 27.3 cm³/mol. The summed E-state index contributed by atoms with van der Waals surface area (Å²) in [6, 6.07) is 2.92. The Kier molecular flexibility index (Phi) is 0.692. The molecule has 8 heavy (non-hydrogen) atoms. The van der Waals surface area contributed by atoms with Crippen molar-refractivity contribution in [3.05, 3.63) is 18.0 Å². The Morgan fingerprint density at radius 3 is 3.12 bits per heavy atom. The van der Waals surface area contributed by atoms with Gasteiger partial charge in [-0.3, -0.25) is 0 Å². The van der Waals surface area contributed by atoms with E-state index in [1.807, 2.05) is 0 Å². The highest BCUT2D eigenvalue weighted by atomic mass is 16.5. The first-order chi connectivity index (χ1) is 3.97. The van der Waals surface area contributed by atoms with Crippen LogP contribution in [-0.4, -0.2) is 5.16 Å². The zero-order valence-corrected chi connectivity index (χ0v) is 4.42. The fraction of sp³-hybridized carbons (Fsp3) is 0.500. The molecule has 0 atom stereocenters. The largest absolute Gasteiger partial charge is 0.360 e. The summed E-state index contributed by atoms with van der Waals surface area (Å²) < 4.78 is 4.85. The SMILES string of the molecule is [c]1cnoc1C1CC1. The van der Waals surface area contributed by atoms with Gasteiger partial charge in [-0.25, -0.2) is 0 Å². The Labute approximate surface area is 47.5 Å². The molecule has 1 aromatic heterocycles. The molecule has 1 aliphatic carbocycles. The highest BCUT2D eigenvalue weighted by Gasteiger charge is 2.26. The molecule has 0 bridgehead atoms. The van der Waals surface area contributed by atoms with Crippen LogP contribution in [0.25, 0.3) is 0 Å². The number of hydrogen-bond acceptors (Lipinski definition) is 2. The molecule has 0 amide bonds. The molecule has 1 aliphatic rings. The predicted octanol–water partition coefficient (Wildman–Crippen LogP) is 1.35. The van der Waals surface area contributed by atoms with Crippen molar-refractivity contribution in [2.24, 2.45) is 0 Å². The third-order valence-electron chi connectivity index (χ3n) is 1.36. The molecule has 1 radical (unpaired) electrons. The first kappa shape index (κ1) is 4.13. The van der Waals surface area contributed by atoms with Crippen molar-refractivity contribution < 1.29 is 4.52 Å². The van der Waals surface area contributed by atoms with E-state index in [9.17, 15) is 0 Å². The highest BCUT2D eigenvalue weighted by molar-refractivity contribution is 5.06. The Morgan fingerprint density at radius 1 is 1.75 bits per heavy atom. The average Bonchev–Trinajstić information content (AvgIpc) is 2.49. The molecule has 1 heterocycles. The Morgan fingerprint density at radius 2 is 2.62 bits per heavy atom. The summed E-state index contributed by atoms with van der Waals surface area (Å²) >= 11 is 0. The van der Waals surface area contributed by atoms with Crippen molar-refractivity contribution in [1.29, 1.82) is 0 Å². The van der Waals surface area contributed by atoms with Gasteiger partial charge in [0.15, 0.2) is 0 Å². The summed E-state index contributed by atoms with van der Waals surface area (Å²) in [5.74, 6) is 1.59. The lowest BCUT2D eigenvalue weighted by molar-refractivity contribution is 0.384. The van der Waals surface area contributed by atoms with Crippen LogP contribution < -0.4 is 0 Å². The minimum absolute atomic E-state index is 0.650. The van der Waals surface area contributed by atoms with Crippen molar-refractivity contribution in [2.45, 2.75) is 18.8 Å². The van der Waals surface area contributed by atoms with E-state index in [0.717, 1.165) is 5.76 Å². The van der Waals surface area contributed by atoms with E-state index in [4.69, 9.17) is 4.52 Å². The van der Waals surface area contributed by atoms with E-state index in [-0.39, 0.29) is 0 Å². The topological polar surface area (TPSA) is 26.0 Å². The van der Waals surface area contributed by atoms with Crippen molar-refractivity contribution in [2.75, 3.05) is 0 Å². The second-order valence-electron chi connectivity index (χ2n) is 2.11. The average molecular weight is 108 g/mol. The molecule has 1 fully saturated rings. The third-order valence-corrected chi connectivity index (χ3v) is 1.36. The van der Waals surface area contributed by atoms with E-state index in [1.54, 1.807) is 6.20 Å². The van der Waals surface area contributed by atoms with Gasteiger partial charge in [0, 0.05) is 5.92 Å². The Hall–Kier alpha value is -0.790. The maximum Gasteiger partial charge on any atom is 0.147 e. The van der Waals surface area contributed by atoms with Crippen LogP contribution in [0.15, 0.2) is 10.7 Å². The maximum absolute atomic E-state index is 4.85. The summed E-state index contributed by atoms with van der Waals surface area (Å²) in [5, 5.41) is 3.55. The molecular formula is C6H6NO. The molecule has 2 nitrogen and oxygen atoms in total. The highest BCUT2D eigenvalue weighted by Crippen LogP contribution is 2.39. The second kappa shape index (κ2) is 1.34. The minimum atomic E-state index is 0.650. The van der Waals surface area contributed by atoms with Gasteiger partial charge in [0.05, 0.1) is 12.3 Å². The third kappa shape index (κ3) is 0.529. The molecule has 0 spiro atoms. The van der Waals surface area contributed by atoms with E-state index in [0.29, 0.717) is 5.92 Å². The van der Waals surface area contributed by atoms with E-state index in [2.05, 4.69) is 11.2 Å². The summed E-state index contributed by atoms with van der Waals surface area (Å²) in [4.78, 5) is 0. The fourth-order valence-electron chi connectivity index (χ4n) is 0.737. The van der Waals surface area contributed by atoms with Crippen LogP contribution in [0, 0.1) is 6.07 Å². The van der Waals surface area contributed by atoms with E-state index < -0.39 is 0 Å². The Balaban J connectivity index is 2.28. The van der Waals surface area contributed by atoms with Crippen LogP contribution in [0.4, 0.5) is 0 Å². The van der Waals surface area contributed by atoms with Crippen molar-refractivity contribution in [3.63, 3.8) is 0 Å². The summed E-state index contributed by atoms with van der Waals surface area (Å²) in [5.41, 5.74) is 0. The number of rotatable bonds is 1. The quantitative estimate of drug-likeness (QED) is 0.542. The van der Waals surface area contributed by atoms with E-state index >= 15 is 0 Å². The number of nitrogens with zero attached hydrogens (tertiary/aromatic N) is 1. The van der Waals surface area contributed by atoms with Crippen molar-refractivity contribution >= 4 is 0 Å². The number of aromatic nitrogens is 1. The second-order valence-corrected chi connectivity index (χ2v) is 2.11. The van der Waals surface area contributed by atoms with Crippen LogP contribution in [0.1, 0.15) is 24.5 Å². The van der Waals surface area contributed by atoms with Gasteiger partial charge in [0.1, 0.15) is 5.76 Å². The molecule has 41 valence electrons. The first-order valence-corrected chi connectivity index (χ1v) is 2.79. The van der Waals surface area contributed by atoms with Crippen LogP contribution in [0.5, 0.6) is 0 Å². The minimum Gasteiger partial charge on any atom is -0.360 e. The van der Waals surface area contributed by atoms with Gasteiger partial charge in [-0.1, -0.05) is 5.16 Å². The van der Waals surface area contributed by atoms with Gasteiger partial charge < -0.3 is 4.52 Å². The molecule has 1 saturated carbocycles. The van der Waals surface area contributed by atoms with Gasteiger partial charge in [-0.15, -0.1) is 0 Å². The number of hydrogen-bond donors (Lipinski definition) is 0. The smallest absolute Gasteiger partial charge is 0.147 e. The normalized spacial score (nSPS) is 19.0. The lowest BCUT2D eigenvalue weighted by Crippen LogP contribution is -1.67. The molecule has 0 aliphatic heterocycles. The van der Waals surface area contributed by atoms with Gasteiger partial charge in [-0.05, 0) is 12.8 Å². The standard InChI is InChI=1S/C6H6NO/c1-2-5(1)6-3-4-7-8-6/h4-5H,1-2H2. The van der Waals surface area contributed by atoms with Crippen LogP contribution in [0.3, 0.4) is 0 Å². The summed E-state index contributed by atoms with van der Waals surface area (Å²) in [7, 11) is 0. The summed E-state index contributed by atoms with van der Waals surface area (Å²) in [6.07, 6.45) is 4.09. The molecule has 2 rings (SSSR count). The molecule has 1 aromatic rings. The monoisotopic (exact) mass is 108 g/mol. The maximum atomic E-state index is 4.85. The van der Waals surface area contributed by atoms with Gasteiger partial charge in [0.2, 0.25) is 0 Å².